The van der Waals surface area contributed by atoms with Gasteiger partial charge < -0.3 is 15.3 Å². The molecule has 0 fully saturated rings. The molecule has 3 N–H and O–H groups in total. The maximum Gasteiger partial charge on any atom is 0.328 e. The molecule has 0 heterocycles. The van der Waals surface area contributed by atoms with Crippen molar-refractivity contribution < 1.29 is 20.1 Å². The first-order valence-electron chi connectivity index (χ1n) is 3.52. The summed E-state index contributed by atoms with van der Waals surface area (Å²) in [5.74, 6) is -1.56. The van der Waals surface area contributed by atoms with Crippen molar-refractivity contribution in [3.05, 3.63) is 29.8 Å². The Hall–Kier alpha value is -0.970. The zero-order valence-electron chi connectivity index (χ0n) is 7.64. The molecule has 0 spiro atoms. The quantitative estimate of drug-likeness (QED) is 0.377. The molecule has 0 saturated carbocycles. The van der Waals surface area contributed by atoms with E-state index in [2.05, 4.69) is 0 Å². The van der Waals surface area contributed by atoms with Gasteiger partial charge in [0.1, 0.15) is 0 Å². The van der Waals surface area contributed by atoms with Gasteiger partial charge in [-0.1, -0.05) is 6.07 Å². The molecule has 0 atom stereocenters. The maximum absolute atomic E-state index is 10.1. The van der Waals surface area contributed by atoms with Crippen LogP contribution < -0.4 is 0 Å². The molecule has 0 amide bonds. The Morgan fingerprint density at radius 2 is 1.86 bits per heavy atom. The Bertz CT molecular complexity index is 360. The van der Waals surface area contributed by atoms with Crippen LogP contribution in [0.1, 0.15) is 5.56 Å². The number of hydrogen-bond acceptors (Lipinski definition) is 3. The number of rotatable bonds is 2. The second kappa shape index (κ2) is 5.70. The molecule has 69 valence electrons. The van der Waals surface area contributed by atoms with Crippen LogP contribution in [-0.2, 0) is 4.79 Å². The largest absolute Gasteiger partial charge is 0.504 e. The van der Waals surface area contributed by atoms with E-state index in [4.69, 9.17) is 15.3 Å². The molecule has 14 heavy (non-hydrogen) atoms. The van der Waals surface area contributed by atoms with Gasteiger partial charge in [-0.15, -0.1) is 0 Å². The van der Waals surface area contributed by atoms with Gasteiger partial charge in [-0.2, -0.15) is 0 Å². The molecule has 0 saturated heterocycles. The van der Waals surface area contributed by atoms with Gasteiger partial charge in [0.05, 0.1) is 0 Å². The summed E-state index contributed by atoms with van der Waals surface area (Å²) in [6.07, 6.45) is 2.27. The van der Waals surface area contributed by atoms with Crippen LogP contribution in [0.3, 0.4) is 0 Å². The van der Waals surface area contributed by atoms with Crippen molar-refractivity contribution >= 4 is 41.6 Å². The second-order valence-corrected chi connectivity index (χ2v) is 2.42. The molecule has 0 aliphatic carbocycles. The molecule has 1 aromatic rings. The molecule has 5 heteroatoms. The molecule has 1 rings (SSSR count). The summed E-state index contributed by atoms with van der Waals surface area (Å²) in [7, 11) is 0. The Morgan fingerprint density at radius 3 is 2.36 bits per heavy atom. The molecule has 0 aromatic heterocycles. The van der Waals surface area contributed by atoms with Crippen LogP contribution in [0.25, 0.3) is 6.08 Å². The summed E-state index contributed by atoms with van der Waals surface area (Å²) >= 11 is 0. The fourth-order valence-corrected chi connectivity index (χ4v) is 0.812. The van der Waals surface area contributed by atoms with Gasteiger partial charge in [0.2, 0.25) is 0 Å². The predicted octanol–water partition coefficient (Wildman–Crippen LogP) is 0.815. The van der Waals surface area contributed by atoms with Gasteiger partial charge >= 0.3 is 5.97 Å². The van der Waals surface area contributed by atoms with Gasteiger partial charge in [0.25, 0.3) is 0 Å². The van der Waals surface area contributed by atoms with E-state index < -0.39 is 5.97 Å². The standard InChI is InChI=1S/C9H8O4.Na/c10-7-3-1-6(5-8(7)11)2-4-9(12)13;/h1-5,10-11H,(H,12,13);/b4-2+;. The van der Waals surface area contributed by atoms with Crippen molar-refractivity contribution in [3.8, 4) is 11.5 Å². The number of aromatic hydroxyl groups is 2. The number of hydrogen-bond donors (Lipinski definition) is 3. The van der Waals surface area contributed by atoms with Gasteiger partial charge in [-0.05, 0) is 23.8 Å². The van der Waals surface area contributed by atoms with Gasteiger partial charge in [-0.25, -0.2) is 4.79 Å². The molecule has 0 bridgehead atoms. The average Bonchev–Trinajstić information content (AvgIpc) is 2.07. The summed E-state index contributed by atoms with van der Waals surface area (Å²) in [6.45, 7) is 0. The number of benzene rings is 1. The number of carboxylic acid groups (broad SMARTS) is 1. The minimum Gasteiger partial charge on any atom is -0.504 e. The SMILES string of the molecule is O=C(O)/C=C/c1ccc(O)c(O)c1.[Na]. The maximum atomic E-state index is 10.1. The van der Waals surface area contributed by atoms with E-state index in [1.165, 1.54) is 24.3 Å². The Morgan fingerprint density at radius 1 is 1.21 bits per heavy atom. The number of carbonyl (C=O) groups is 1. The minimum atomic E-state index is -1.06. The zero-order chi connectivity index (χ0) is 9.84. The molecule has 0 aliphatic rings. The van der Waals surface area contributed by atoms with E-state index in [1.807, 2.05) is 0 Å². The smallest absolute Gasteiger partial charge is 0.328 e. The summed E-state index contributed by atoms with van der Waals surface area (Å²) in [5.41, 5.74) is 0.512. The van der Waals surface area contributed by atoms with Crippen LogP contribution in [0, 0.1) is 0 Å². The summed E-state index contributed by atoms with van der Waals surface area (Å²) in [4.78, 5) is 10.1. The molecule has 1 radical (unpaired) electrons. The van der Waals surface area contributed by atoms with E-state index in [0.29, 0.717) is 5.56 Å². The first-order chi connectivity index (χ1) is 6.09. The van der Waals surface area contributed by atoms with E-state index >= 15 is 0 Å². The third-order valence-corrected chi connectivity index (χ3v) is 1.42. The Kier molecular flexibility index (Phi) is 5.30. The third-order valence-electron chi connectivity index (χ3n) is 1.42. The minimum absolute atomic E-state index is 0. The average molecular weight is 203 g/mol. The third kappa shape index (κ3) is 3.83. The topological polar surface area (TPSA) is 77.8 Å². The normalized spacial score (nSPS) is 9.71. The summed E-state index contributed by atoms with van der Waals surface area (Å²) in [6, 6.07) is 4.06. The summed E-state index contributed by atoms with van der Waals surface area (Å²) in [5, 5.41) is 26.3. The van der Waals surface area contributed by atoms with Crippen LogP contribution >= 0.6 is 0 Å². The van der Waals surface area contributed by atoms with E-state index in [9.17, 15) is 4.79 Å². The Labute approximate surface area is 103 Å². The van der Waals surface area contributed by atoms with E-state index in [1.54, 1.807) is 0 Å². The van der Waals surface area contributed by atoms with Crippen molar-refractivity contribution in [1.29, 1.82) is 0 Å². The summed E-state index contributed by atoms with van der Waals surface area (Å²) < 4.78 is 0. The van der Waals surface area contributed by atoms with Crippen molar-refractivity contribution in [3.63, 3.8) is 0 Å². The van der Waals surface area contributed by atoms with Crippen LogP contribution in [0.4, 0.5) is 0 Å². The zero-order valence-corrected chi connectivity index (χ0v) is 9.64. The van der Waals surface area contributed by atoms with Crippen LogP contribution in [0.5, 0.6) is 11.5 Å². The number of phenols is 2. The predicted molar refractivity (Wildman–Crippen MR) is 52.2 cm³/mol. The van der Waals surface area contributed by atoms with Crippen molar-refractivity contribution in [2.24, 2.45) is 0 Å². The number of phenolic OH excluding ortho intramolecular Hbond substituents is 2. The van der Waals surface area contributed by atoms with Gasteiger partial charge in [0.15, 0.2) is 11.5 Å². The Balaban J connectivity index is 0.00000169. The molecule has 1 aromatic carbocycles. The van der Waals surface area contributed by atoms with E-state index in [0.717, 1.165) is 6.08 Å². The van der Waals surface area contributed by atoms with Crippen LogP contribution in [-0.4, -0.2) is 50.8 Å². The first-order valence-corrected chi connectivity index (χ1v) is 3.52. The van der Waals surface area contributed by atoms with Gasteiger partial charge in [0, 0.05) is 35.6 Å². The molecule has 0 unspecified atom stereocenters. The fraction of sp³-hybridized carbons (Fsp3) is 0. The first kappa shape index (κ1) is 13.0. The van der Waals surface area contributed by atoms with Crippen molar-refractivity contribution in [2.75, 3.05) is 0 Å². The van der Waals surface area contributed by atoms with Crippen LogP contribution in [0.15, 0.2) is 24.3 Å². The van der Waals surface area contributed by atoms with E-state index in [-0.39, 0.29) is 41.1 Å². The second-order valence-electron chi connectivity index (χ2n) is 2.42. The van der Waals surface area contributed by atoms with Crippen LogP contribution in [0.2, 0.25) is 0 Å². The molecular weight excluding hydrogens is 195 g/mol. The number of aliphatic carboxylic acids is 1. The van der Waals surface area contributed by atoms with Gasteiger partial charge in [-0.3, -0.25) is 0 Å². The molecule has 4 nitrogen and oxygen atoms in total. The molecular formula is C9H8NaO4. The van der Waals surface area contributed by atoms with Crippen molar-refractivity contribution in [1.82, 2.24) is 0 Å². The monoisotopic (exact) mass is 203 g/mol. The molecule has 0 aliphatic heterocycles. The van der Waals surface area contributed by atoms with Crippen molar-refractivity contribution in [2.45, 2.75) is 0 Å². The number of carboxylic acids is 1. The fourth-order valence-electron chi connectivity index (χ4n) is 0.812.